The minimum absolute atomic E-state index is 0.0769. The largest absolute Gasteiger partial charge is 0.321 e. The van der Waals surface area contributed by atoms with Gasteiger partial charge in [-0.25, -0.2) is 0 Å². The van der Waals surface area contributed by atoms with Gasteiger partial charge in [0.1, 0.15) is 11.6 Å². The van der Waals surface area contributed by atoms with Gasteiger partial charge in [0.05, 0.1) is 0 Å². The summed E-state index contributed by atoms with van der Waals surface area (Å²) in [5.74, 6) is -0.407. The summed E-state index contributed by atoms with van der Waals surface area (Å²) in [7, 11) is 0. The summed E-state index contributed by atoms with van der Waals surface area (Å²) in [4.78, 5) is 12.6. The Morgan fingerprint density at radius 1 is 1.10 bits per heavy atom. The second kappa shape index (κ2) is 8.62. The third-order valence-electron chi connectivity index (χ3n) is 5.01. The summed E-state index contributed by atoms with van der Waals surface area (Å²) in [6.45, 7) is 8.12. The van der Waals surface area contributed by atoms with Gasteiger partial charge in [-0.3, -0.25) is 4.79 Å². The number of carbonyl (C=O) groups excluding carboxylic acids is 1. The van der Waals surface area contributed by atoms with E-state index in [0.717, 1.165) is 34.6 Å². The van der Waals surface area contributed by atoms with Crippen molar-refractivity contribution in [1.82, 2.24) is 4.57 Å². The Bertz CT molecular complexity index is 1110. The predicted molar refractivity (Wildman–Crippen MR) is 118 cm³/mol. The molecule has 0 saturated carbocycles. The lowest BCUT2D eigenvalue weighted by molar-refractivity contribution is -0.112. The highest BCUT2D eigenvalue weighted by atomic mass is 16.1. The molecule has 1 aromatic heterocycles. The zero-order valence-electron chi connectivity index (χ0n) is 17.3. The third-order valence-corrected chi connectivity index (χ3v) is 5.01. The molecule has 0 radical (unpaired) electrons. The number of benzene rings is 2. The molecule has 0 aliphatic heterocycles. The zero-order valence-corrected chi connectivity index (χ0v) is 17.3. The van der Waals surface area contributed by atoms with Crippen molar-refractivity contribution < 1.29 is 4.79 Å². The van der Waals surface area contributed by atoms with Gasteiger partial charge in [-0.05, 0) is 80.3 Å². The monoisotopic (exact) mass is 383 g/mol. The highest BCUT2D eigenvalue weighted by Crippen LogP contribution is 2.23. The molecule has 146 valence electrons. The first kappa shape index (κ1) is 20.2. The first-order valence-corrected chi connectivity index (χ1v) is 9.71. The van der Waals surface area contributed by atoms with Gasteiger partial charge in [-0.15, -0.1) is 0 Å². The molecule has 0 spiro atoms. The van der Waals surface area contributed by atoms with Crippen LogP contribution in [0.2, 0.25) is 0 Å². The lowest BCUT2D eigenvalue weighted by atomic mass is 10.1. The highest BCUT2D eigenvalue weighted by Gasteiger charge is 2.14. The van der Waals surface area contributed by atoms with Crippen molar-refractivity contribution in [2.75, 3.05) is 5.32 Å². The van der Waals surface area contributed by atoms with E-state index >= 15 is 0 Å². The smallest absolute Gasteiger partial charge is 0.266 e. The molecular formula is C25H25N3O. The van der Waals surface area contributed by atoms with E-state index in [1.807, 2.05) is 57.2 Å². The number of hydrogen-bond acceptors (Lipinski definition) is 2. The maximum absolute atomic E-state index is 12.6. The SMILES string of the molecule is CCc1ccc(-n2c(C)cc(/C=C(/C#N)C(=O)Nc3cccc(C)c3)c2C)cc1. The molecule has 2 aromatic carbocycles. The molecule has 0 saturated heterocycles. The van der Waals surface area contributed by atoms with Crippen molar-refractivity contribution in [3.63, 3.8) is 0 Å². The number of aromatic nitrogens is 1. The Labute approximate surface area is 172 Å². The number of hydrogen-bond donors (Lipinski definition) is 1. The zero-order chi connectivity index (χ0) is 21.0. The number of nitrogens with zero attached hydrogens (tertiary/aromatic N) is 2. The maximum atomic E-state index is 12.6. The van der Waals surface area contributed by atoms with Crippen LogP contribution < -0.4 is 5.32 Å². The number of nitrogens with one attached hydrogen (secondary N) is 1. The van der Waals surface area contributed by atoms with E-state index in [4.69, 9.17) is 0 Å². The molecule has 0 unspecified atom stereocenters. The van der Waals surface area contributed by atoms with Crippen LogP contribution in [0.3, 0.4) is 0 Å². The van der Waals surface area contributed by atoms with Crippen LogP contribution in [0.15, 0.2) is 60.2 Å². The van der Waals surface area contributed by atoms with Crippen molar-refractivity contribution in [3.05, 3.63) is 88.2 Å². The molecule has 0 aliphatic rings. The van der Waals surface area contributed by atoms with E-state index < -0.39 is 5.91 Å². The van der Waals surface area contributed by atoms with Gasteiger partial charge in [0.2, 0.25) is 0 Å². The topological polar surface area (TPSA) is 57.8 Å². The van der Waals surface area contributed by atoms with Crippen LogP contribution in [0, 0.1) is 32.1 Å². The van der Waals surface area contributed by atoms with Crippen LogP contribution in [0.25, 0.3) is 11.8 Å². The van der Waals surface area contributed by atoms with Crippen LogP contribution >= 0.6 is 0 Å². The Morgan fingerprint density at radius 3 is 2.45 bits per heavy atom. The Balaban J connectivity index is 1.91. The number of nitriles is 1. The molecule has 4 heteroatoms. The molecule has 3 aromatic rings. The van der Waals surface area contributed by atoms with Gasteiger partial charge in [0.25, 0.3) is 5.91 Å². The Hall–Kier alpha value is -3.58. The molecule has 3 rings (SSSR count). The summed E-state index contributed by atoms with van der Waals surface area (Å²) < 4.78 is 2.14. The summed E-state index contributed by atoms with van der Waals surface area (Å²) in [5, 5.41) is 12.3. The summed E-state index contributed by atoms with van der Waals surface area (Å²) in [6, 6.07) is 20.0. The quantitative estimate of drug-likeness (QED) is 0.466. The third kappa shape index (κ3) is 4.47. The van der Waals surface area contributed by atoms with Gasteiger partial charge in [0.15, 0.2) is 0 Å². The lowest BCUT2D eigenvalue weighted by Gasteiger charge is -2.10. The van der Waals surface area contributed by atoms with Gasteiger partial charge >= 0.3 is 0 Å². The molecule has 1 amide bonds. The van der Waals surface area contributed by atoms with Crippen molar-refractivity contribution >= 4 is 17.7 Å². The first-order chi connectivity index (χ1) is 13.9. The number of aryl methyl sites for hydroxylation is 3. The lowest BCUT2D eigenvalue weighted by Crippen LogP contribution is -2.13. The first-order valence-electron chi connectivity index (χ1n) is 9.71. The predicted octanol–water partition coefficient (Wildman–Crippen LogP) is 5.51. The second-order valence-corrected chi connectivity index (χ2v) is 7.18. The van der Waals surface area contributed by atoms with Crippen LogP contribution in [0.1, 0.15) is 35.0 Å². The van der Waals surface area contributed by atoms with E-state index in [-0.39, 0.29) is 5.57 Å². The molecule has 0 atom stereocenters. The fourth-order valence-electron chi connectivity index (χ4n) is 3.44. The molecule has 4 nitrogen and oxygen atoms in total. The molecule has 1 heterocycles. The minimum atomic E-state index is -0.407. The Morgan fingerprint density at radius 2 is 1.83 bits per heavy atom. The van der Waals surface area contributed by atoms with Gasteiger partial charge in [0, 0.05) is 22.8 Å². The molecular weight excluding hydrogens is 358 g/mol. The molecule has 0 aliphatic carbocycles. The second-order valence-electron chi connectivity index (χ2n) is 7.18. The molecule has 0 bridgehead atoms. The summed E-state index contributed by atoms with van der Waals surface area (Å²) in [6.07, 6.45) is 2.66. The molecule has 0 fully saturated rings. The molecule has 1 N–H and O–H groups in total. The number of amides is 1. The van der Waals surface area contributed by atoms with Crippen molar-refractivity contribution in [2.24, 2.45) is 0 Å². The van der Waals surface area contributed by atoms with Crippen molar-refractivity contribution in [1.29, 1.82) is 5.26 Å². The summed E-state index contributed by atoms with van der Waals surface area (Å²) >= 11 is 0. The number of carbonyl (C=O) groups is 1. The average molecular weight is 383 g/mol. The van der Waals surface area contributed by atoms with Gasteiger partial charge in [-0.1, -0.05) is 31.2 Å². The summed E-state index contributed by atoms with van der Waals surface area (Å²) in [5.41, 5.74) is 7.05. The van der Waals surface area contributed by atoms with Crippen LogP contribution in [-0.2, 0) is 11.2 Å². The van der Waals surface area contributed by atoms with Gasteiger partial charge < -0.3 is 9.88 Å². The standard InChI is InChI=1S/C25H25N3O/c1-5-20-9-11-24(12-10-20)28-18(3)14-21(19(28)4)15-22(16-26)25(29)27-23-8-6-7-17(2)13-23/h6-15H,5H2,1-4H3,(H,27,29)/b22-15-. The number of anilines is 1. The van der Waals surface area contributed by atoms with E-state index in [1.54, 1.807) is 6.08 Å². The Kier molecular flexibility index (Phi) is 5.99. The fraction of sp³-hybridized carbons (Fsp3) is 0.200. The van der Waals surface area contributed by atoms with E-state index in [2.05, 4.69) is 41.1 Å². The fourth-order valence-corrected chi connectivity index (χ4v) is 3.44. The van der Waals surface area contributed by atoms with E-state index in [9.17, 15) is 10.1 Å². The maximum Gasteiger partial charge on any atom is 0.266 e. The minimum Gasteiger partial charge on any atom is -0.321 e. The van der Waals surface area contributed by atoms with Crippen LogP contribution in [-0.4, -0.2) is 10.5 Å². The van der Waals surface area contributed by atoms with Crippen molar-refractivity contribution in [3.8, 4) is 11.8 Å². The normalized spacial score (nSPS) is 11.2. The highest BCUT2D eigenvalue weighted by molar-refractivity contribution is 6.09. The molecule has 29 heavy (non-hydrogen) atoms. The number of rotatable bonds is 5. The van der Waals surface area contributed by atoms with Crippen LogP contribution in [0.4, 0.5) is 5.69 Å². The van der Waals surface area contributed by atoms with E-state index in [1.165, 1.54) is 5.56 Å². The van der Waals surface area contributed by atoms with Crippen molar-refractivity contribution in [2.45, 2.75) is 34.1 Å². The average Bonchev–Trinajstić information content (AvgIpc) is 2.99. The van der Waals surface area contributed by atoms with Gasteiger partial charge in [-0.2, -0.15) is 5.26 Å². The van der Waals surface area contributed by atoms with E-state index in [0.29, 0.717) is 5.69 Å². The van der Waals surface area contributed by atoms with Crippen LogP contribution in [0.5, 0.6) is 0 Å².